The fourth-order valence-corrected chi connectivity index (χ4v) is 7.31. The van der Waals surface area contributed by atoms with E-state index in [2.05, 4.69) is 5.32 Å². The summed E-state index contributed by atoms with van der Waals surface area (Å²) in [6, 6.07) is 3.92. The van der Waals surface area contributed by atoms with Crippen molar-refractivity contribution in [3.8, 4) is 5.75 Å². The SMILES string of the molecule is CC(C)(C)[CH-]C(=O)N1CCN(C(=O)Oc2ccc(C[C@H](NC(=O)C3N(S(C)(=O)=O)CSC3(C)C)C(=O)O)cc2)CC1.[Rf]. The molecular weight excluding hydrogens is 839 g/mol. The Bertz CT molecular complexity index is 1260. The first-order valence-electron chi connectivity index (χ1n) is 13.2. The molecule has 1 aromatic carbocycles. The van der Waals surface area contributed by atoms with Crippen molar-refractivity contribution in [2.24, 2.45) is 5.41 Å². The van der Waals surface area contributed by atoms with Crippen LogP contribution in [0.2, 0.25) is 0 Å². The van der Waals surface area contributed by atoms with Gasteiger partial charge < -0.3 is 29.8 Å². The number of benzene rings is 1. The molecule has 1 unspecified atom stereocenters. The fourth-order valence-electron chi connectivity index (χ4n) is 4.58. The quantitative estimate of drug-likeness (QED) is 0.373. The van der Waals surface area contributed by atoms with Crippen LogP contribution < -0.4 is 10.1 Å². The Balaban J connectivity index is 0.00000616. The third kappa shape index (κ3) is 8.76. The predicted molar refractivity (Wildman–Crippen MR) is 155 cm³/mol. The summed E-state index contributed by atoms with van der Waals surface area (Å²) < 4.78 is 30.2. The molecule has 2 heterocycles. The second kappa shape index (κ2) is 12.9. The zero-order valence-corrected chi connectivity index (χ0v) is 33.0. The van der Waals surface area contributed by atoms with Crippen molar-refractivity contribution in [1.82, 2.24) is 19.4 Å². The van der Waals surface area contributed by atoms with Gasteiger partial charge in [0, 0.05) is 37.3 Å². The maximum atomic E-state index is 13.1. The van der Waals surface area contributed by atoms with Crippen LogP contribution in [0.25, 0.3) is 0 Å². The van der Waals surface area contributed by atoms with E-state index in [1.807, 2.05) is 20.8 Å². The van der Waals surface area contributed by atoms with Crippen molar-refractivity contribution in [3.05, 3.63) is 36.2 Å². The summed E-state index contributed by atoms with van der Waals surface area (Å²) in [5.41, 5.74) is 0.334. The van der Waals surface area contributed by atoms with Crippen LogP contribution >= 0.6 is 11.8 Å². The van der Waals surface area contributed by atoms with Gasteiger partial charge in [0.2, 0.25) is 15.9 Å². The Morgan fingerprint density at radius 3 is 2.14 bits per heavy atom. The van der Waals surface area contributed by atoms with Crippen molar-refractivity contribution >= 4 is 45.7 Å². The first-order chi connectivity index (χ1) is 18.9. The number of amides is 3. The summed E-state index contributed by atoms with van der Waals surface area (Å²) in [7, 11) is -3.68. The number of carboxylic acids is 1. The monoisotopic (exact) mass is 878 g/mol. The van der Waals surface area contributed by atoms with E-state index in [9.17, 15) is 32.7 Å². The third-order valence-electron chi connectivity index (χ3n) is 6.77. The third-order valence-corrected chi connectivity index (χ3v) is 9.50. The molecule has 0 bridgehead atoms. The molecule has 3 rings (SSSR count). The number of thioether (sulfide) groups is 1. The van der Waals surface area contributed by atoms with E-state index in [-0.39, 0.29) is 29.4 Å². The van der Waals surface area contributed by atoms with Crippen LogP contribution in [0.1, 0.15) is 40.2 Å². The number of carbonyl (C=O) groups excluding carboxylic acids is 3. The molecule has 230 valence electrons. The molecule has 12 nitrogen and oxygen atoms in total. The minimum Gasteiger partial charge on any atom is -0.480 e. The zero-order chi connectivity index (χ0) is 30.8. The van der Waals surface area contributed by atoms with E-state index >= 15 is 0 Å². The van der Waals surface area contributed by atoms with Crippen LogP contribution in [0.3, 0.4) is 0 Å². The van der Waals surface area contributed by atoms with E-state index < -0.39 is 44.8 Å². The van der Waals surface area contributed by atoms with Gasteiger partial charge in [-0.2, -0.15) is 4.31 Å². The molecule has 0 aromatic heterocycles. The summed E-state index contributed by atoms with van der Waals surface area (Å²) in [5, 5.41) is 12.3. The number of nitrogens with zero attached hydrogens (tertiary/aromatic N) is 3. The van der Waals surface area contributed by atoms with Gasteiger partial charge in [-0.25, -0.2) is 18.0 Å². The number of carbonyl (C=O) groups is 4. The van der Waals surface area contributed by atoms with Crippen LogP contribution in [-0.2, 0) is 30.8 Å². The Morgan fingerprint density at radius 1 is 1.10 bits per heavy atom. The molecule has 2 fully saturated rings. The van der Waals surface area contributed by atoms with Gasteiger partial charge in [-0.1, -0.05) is 32.9 Å². The molecular formula is C27H39N4O8RfS2-. The standard InChI is InChI=1S/C27H39N4O8S2.Rf/c1-26(2,3)16-21(32)29-11-13-30(14-12-29)25(36)39-19-9-7-18(8-10-19)15-20(24(34)35)28-23(33)22-27(4,5)40-17-31(22)41(6,37)38;/h7-10,16,20,22H,11-15,17H2,1-6H3,(H,28,33)(H,34,35);/q-1;/t20-,22?;/m0./s1. The average Bonchev–Trinajstić information content (AvgIpc) is 3.19. The van der Waals surface area contributed by atoms with Crippen LogP contribution in [-0.4, -0.2) is 107 Å². The van der Waals surface area contributed by atoms with Crippen LogP contribution in [0, 0.1) is 11.8 Å². The number of carboxylic acid groups (broad SMARTS) is 1. The van der Waals surface area contributed by atoms with E-state index in [0.29, 0.717) is 31.7 Å². The smallest absolute Gasteiger partial charge is 0.415 e. The van der Waals surface area contributed by atoms with Gasteiger partial charge in [-0.3, -0.25) is 11.2 Å². The van der Waals surface area contributed by atoms with Crippen molar-refractivity contribution in [1.29, 1.82) is 0 Å². The number of aliphatic carboxylic acids is 1. The van der Waals surface area contributed by atoms with E-state index in [0.717, 1.165) is 10.6 Å². The van der Waals surface area contributed by atoms with Crippen molar-refractivity contribution in [2.45, 2.75) is 57.9 Å². The minimum atomic E-state index is -3.68. The second-order valence-corrected chi connectivity index (χ2v) is 15.4. The molecule has 2 saturated heterocycles. The van der Waals surface area contributed by atoms with Gasteiger partial charge in [-0.15, -0.1) is 17.2 Å². The minimum absolute atomic E-state index is 0. The number of sulfonamides is 1. The number of ether oxygens (including phenoxy) is 1. The predicted octanol–water partition coefficient (Wildman–Crippen LogP) is 1.80. The molecule has 0 radical (unpaired) electrons. The Labute approximate surface area is 245 Å². The van der Waals surface area contributed by atoms with Crippen molar-refractivity contribution in [3.63, 3.8) is 0 Å². The topological polar surface area (TPSA) is 154 Å². The number of hydrogen-bond donors (Lipinski definition) is 2. The van der Waals surface area contributed by atoms with Gasteiger partial charge in [0.1, 0.15) is 17.8 Å². The molecule has 2 N–H and O–H groups in total. The maximum absolute atomic E-state index is 13.1. The number of hydrogen-bond acceptors (Lipinski definition) is 8. The van der Waals surface area contributed by atoms with E-state index in [1.54, 1.807) is 37.3 Å². The molecule has 3 amide bonds. The molecule has 42 heavy (non-hydrogen) atoms. The summed E-state index contributed by atoms with van der Waals surface area (Å²) in [6.45, 7) is 10.8. The van der Waals surface area contributed by atoms with Crippen LogP contribution in [0.5, 0.6) is 5.75 Å². The van der Waals surface area contributed by atoms with Gasteiger partial charge in [-0.05, 0) is 31.5 Å². The molecule has 1 aromatic rings. The summed E-state index contributed by atoms with van der Waals surface area (Å²) in [6.07, 6.45) is 2.08. The van der Waals surface area contributed by atoms with Crippen molar-refractivity contribution in [2.75, 3.05) is 38.3 Å². The van der Waals surface area contributed by atoms with E-state index in [1.165, 1.54) is 28.8 Å². The number of nitrogens with one attached hydrogen (secondary N) is 1. The first kappa shape index (κ1) is 34.2. The Kier molecular flexibility index (Phi) is 10.5. The Hall–Kier alpha value is -3.97. The molecule has 15 heteroatoms. The van der Waals surface area contributed by atoms with Gasteiger partial charge in [0.25, 0.3) is 0 Å². The summed E-state index contributed by atoms with van der Waals surface area (Å²) in [4.78, 5) is 53.3. The summed E-state index contributed by atoms with van der Waals surface area (Å²) >= 11 is 1.30. The van der Waals surface area contributed by atoms with Crippen molar-refractivity contribution < 1.29 is 37.4 Å². The molecule has 0 aliphatic carbocycles. The van der Waals surface area contributed by atoms with Crippen LogP contribution in [0.15, 0.2) is 24.3 Å². The molecule has 0 spiro atoms. The largest absolute Gasteiger partial charge is 0.480 e. The first-order valence-corrected chi connectivity index (χ1v) is 16.1. The molecule has 2 aliphatic rings. The Morgan fingerprint density at radius 2 is 1.64 bits per heavy atom. The number of rotatable bonds is 8. The molecule has 2 atom stereocenters. The van der Waals surface area contributed by atoms with Gasteiger partial charge >= 0.3 is 12.1 Å². The number of piperazine rings is 1. The molecule has 2 aliphatic heterocycles. The fraction of sp³-hybridized carbons (Fsp3) is 0.593. The van der Waals surface area contributed by atoms with Gasteiger partial charge in [0.05, 0.1) is 18.0 Å². The average molecular weight is 879 g/mol. The zero-order valence-electron chi connectivity index (χ0n) is 25.0. The van der Waals surface area contributed by atoms with Gasteiger partial charge in [0.15, 0.2) is 0 Å². The summed E-state index contributed by atoms with van der Waals surface area (Å²) in [5.74, 6) is -1.63. The molecule has 0 saturated carbocycles. The second-order valence-electron chi connectivity index (χ2n) is 11.9. The van der Waals surface area contributed by atoms with Crippen LogP contribution in [0.4, 0.5) is 4.79 Å². The normalized spacial score (nSPS) is 19.8. The maximum Gasteiger partial charge on any atom is 0.415 e. The van der Waals surface area contributed by atoms with E-state index in [4.69, 9.17) is 4.74 Å².